The van der Waals surface area contributed by atoms with Gasteiger partial charge in [0.25, 0.3) is 0 Å². The molecule has 2 rings (SSSR count). The minimum atomic E-state index is -1.77. The number of esters is 1. The zero-order valence-electron chi connectivity index (χ0n) is 23.3. The minimum Gasteiger partial charge on any atom is -0.469 e. The predicted octanol–water partition coefficient (Wildman–Crippen LogP) is -1.55. The fraction of sp³-hybridized carbons (Fsp3) is 0.846. The van der Waals surface area contributed by atoms with E-state index in [0.29, 0.717) is 12.8 Å². The van der Waals surface area contributed by atoms with Crippen molar-refractivity contribution in [1.29, 1.82) is 0 Å². The van der Waals surface area contributed by atoms with Gasteiger partial charge < -0.3 is 64.4 Å². The van der Waals surface area contributed by atoms with Gasteiger partial charge in [-0.2, -0.15) is 0 Å². The molecule has 41 heavy (non-hydrogen) atoms. The van der Waals surface area contributed by atoms with Crippen molar-refractivity contribution in [3.8, 4) is 0 Å². The van der Waals surface area contributed by atoms with Crippen LogP contribution in [0, 0.1) is 0 Å². The van der Waals surface area contributed by atoms with Crippen molar-refractivity contribution in [1.82, 2.24) is 5.32 Å². The molecule has 2 heterocycles. The molecule has 10 atom stereocenters. The lowest BCUT2D eigenvalue weighted by Crippen LogP contribution is -2.67. The Morgan fingerprint density at radius 1 is 0.854 bits per heavy atom. The van der Waals surface area contributed by atoms with Gasteiger partial charge in [0.2, 0.25) is 0 Å². The molecule has 2 fully saturated rings. The van der Waals surface area contributed by atoms with Crippen molar-refractivity contribution in [3.63, 3.8) is 0 Å². The van der Waals surface area contributed by atoms with Gasteiger partial charge in [0.1, 0.15) is 55.4 Å². The van der Waals surface area contributed by atoms with Gasteiger partial charge in [-0.05, 0) is 12.8 Å². The third-order valence-electron chi connectivity index (χ3n) is 6.89. The van der Waals surface area contributed by atoms with E-state index in [9.17, 15) is 40.2 Å². The van der Waals surface area contributed by atoms with Gasteiger partial charge in [-0.1, -0.05) is 38.3 Å². The Bertz CT molecular complexity index is 785. The topological polar surface area (TPSA) is 223 Å². The van der Waals surface area contributed by atoms with Crippen LogP contribution < -0.4 is 5.32 Å². The highest BCUT2D eigenvalue weighted by Crippen LogP contribution is 2.30. The fourth-order valence-corrected chi connectivity index (χ4v) is 4.56. The van der Waals surface area contributed by atoms with Gasteiger partial charge in [0.15, 0.2) is 12.6 Å². The quantitative estimate of drug-likeness (QED) is 0.0575. The number of methoxy groups -OCH3 is 1. The van der Waals surface area contributed by atoms with Crippen LogP contribution >= 0.6 is 0 Å². The molecule has 0 radical (unpaired) electrons. The molecule has 0 aromatic carbocycles. The van der Waals surface area contributed by atoms with Crippen molar-refractivity contribution >= 4 is 12.1 Å². The first kappa shape index (κ1) is 35.3. The van der Waals surface area contributed by atoms with E-state index in [2.05, 4.69) is 16.6 Å². The molecular formula is C26H45NO14. The molecule has 0 aromatic rings. The van der Waals surface area contributed by atoms with Crippen LogP contribution in [0.2, 0.25) is 0 Å². The molecule has 7 unspecified atom stereocenters. The van der Waals surface area contributed by atoms with Crippen LogP contribution in [0.25, 0.3) is 0 Å². The van der Waals surface area contributed by atoms with Crippen LogP contribution in [0.1, 0.15) is 44.9 Å². The number of rotatable bonds is 17. The number of carbonyl (C=O) groups excluding carboxylic acids is 2. The summed E-state index contributed by atoms with van der Waals surface area (Å²) in [7, 11) is 1.36. The molecule has 15 nitrogen and oxygen atoms in total. The number of nitrogens with one attached hydrogen (secondary N) is 1. The second kappa shape index (κ2) is 18.6. The number of carbonyl (C=O) groups is 2. The number of hydrogen-bond acceptors (Lipinski definition) is 14. The Kier molecular flexibility index (Phi) is 16.0. The molecule has 2 saturated heterocycles. The van der Waals surface area contributed by atoms with Crippen LogP contribution in [0.4, 0.5) is 4.79 Å². The van der Waals surface area contributed by atoms with Crippen LogP contribution in [0.5, 0.6) is 0 Å². The third kappa shape index (κ3) is 10.7. The average Bonchev–Trinajstić information content (AvgIpc) is 2.97. The third-order valence-corrected chi connectivity index (χ3v) is 6.89. The zero-order chi connectivity index (χ0) is 30.4. The van der Waals surface area contributed by atoms with Gasteiger partial charge in [0, 0.05) is 13.0 Å². The van der Waals surface area contributed by atoms with Crippen LogP contribution in [-0.2, 0) is 33.2 Å². The summed E-state index contributed by atoms with van der Waals surface area (Å²) in [4.78, 5) is 23.5. The first-order valence-electron chi connectivity index (χ1n) is 13.8. The molecule has 0 bridgehead atoms. The zero-order valence-corrected chi connectivity index (χ0v) is 23.3. The van der Waals surface area contributed by atoms with Crippen LogP contribution in [0.15, 0.2) is 12.7 Å². The van der Waals surface area contributed by atoms with Gasteiger partial charge in [0.05, 0.1) is 20.3 Å². The summed E-state index contributed by atoms with van der Waals surface area (Å²) in [5.74, 6) is -0.230. The lowest BCUT2D eigenvalue weighted by Gasteiger charge is -2.47. The number of aliphatic hydroxyl groups excluding tert-OH is 6. The van der Waals surface area contributed by atoms with Crippen molar-refractivity contribution < 1.29 is 68.6 Å². The Morgan fingerprint density at radius 3 is 2.12 bits per heavy atom. The Labute approximate surface area is 238 Å². The number of unbranched alkanes of at least 4 members (excludes halogenated alkanes) is 5. The van der Waals surface area contributed by atoms with E-state index in [0.717, 1.165) is 32.1 Å². The van der Waals surface area contributed by atoms with Crippen molar-refractivity contribution in [2.24, 2.45) is 0 Å². The minimum absolute atomic E-state index is 0.106. The van der Waals surface area contributed by atoms with Crippen LogP contribution in [0.3, 0.4) is 0 Å². The Balaban J connectivity index is 2.00. The molecule has 7 N–H and O–H groups in total. The second-order valence-corrected chi connectivity index (χ2v) is 9.89. The second-order valence-electron chi connectivity index (χ2n) is 9.89. The summed E-state index contributed by atoms with van der Waals surface area (Å²) in [5.41, 5.74) is 0. The van der Waals surface area contributed by atoms with E-state index in [1.807, 2.05) is 0 Å². The summed E-state index contributed by atoms with van der Waals surface area (Å²) < 4.78 is 32.2. The van der Waals surface area contributed by atoms with E-state index in [1.165, 1.54) is 13.2 Å². The SMILES string of the molecule is C=CCOC(=O)NC1C(O)[C@@H](OC2OC(CO)[C@@H](O)C(O)C2O)C(CO)O[C@H]1OCCCCCCCCC(=O)OC. The largest absolute Gasteiger partial charge is 0.469 e. The average molecular weight is 596 g/mol. The van der Waals surface area contributed by atoms with Gasteiger partial charge in [-0.3, -0.25) is 4.79 Å². The highest BCUT2D eigenvalue weighted by molar-refractivity contribution is 5.69. The number of amides is 1. The molecule has 2 aliphatic rings. The summed E-state index contributed by atoms with van der Waals surface area (Å²) in [5, 5.41) is 63.5. The standard InChI is InChI=1S/C26H45NO14/c1-3-11-38-26(35)27-18-20(32)23(41-25-22(34)21(33)19(31)15(13-28)39-25)16(14-29)40-24(18)37-12-9-7-5-4-6-8-10-17(30)36-2/h3,15-16,18-25,28-29,31-34H,1,4-14H2,2H3,(H,27,35)/t15?,16?,18?,19-,20?,21?,22?,23+,24-,25?/m1/s1. The maximum atomic E-state index is 12.3. The molecular weight excluding hydrogens is 550 g/mol. The number of ether oxygens (including phenoxy) is 6. The summed E-state index contributed by atoms with van der Waals surface area (Å²) >= 11 is 0. The number of aliphatic hydroxyl groups is 6. The van der Waals surface area contributed by atoms with Gasteiger partial charge >= 0.3 is 12.1 Å². The van der Waals surface area contributed by atoms with Gasteiger partial charge in [-0.15, -0.1) is 0 Å². The Morgan fingerprint density at radius 2 is 1.49 bits per heavy atom. The van der Waals surface area contributed by atoms with E-state index in [-0.39, 0.29) is 19.2 Å². The van der Waals surface area contributed by atoms with Crippen molar-refractivity contribution in [3.05, 3.63) is 12.7 Å². The molecule has 0 aliphatic carbocycles. The van der Waals surface area contributed by atoms with E-state index in [4.69, 9.17) is 23.7 Å². The monoisotopic (exact) mass is 595 g/mol. The Hall–Kier alpha value is -1.92. The van der Waals surface area contributed by atoms with Crippen molar-refractivity contribution in [2.45, 2.75) is 106 Å². The maximum Gasteiger partial charge on any atom is 0.407 e. The maximum absolute atomic E-state index is 12.3. The summed E-state index contributed by atoms with van der Waals surface area (Å²) in [6, 6.07) is -1.25. The summed E-state index contributed by atoms with van der Waals surface area (Å²) in [6.07, 6.45) is -7.66. The lowest BCUT2D eigenvalue weighted by molar-refractivity contribution is -0.348. The lowest BCUT2D eigenvalue weighted by atomic mass is 9.95. The molecule has 0 saturated carbocycles. The van der Waals surface area contributed by atoms with Crippen LogP contribution in [-0.4, -0.2) is 138 Å². The first-order chi connectivity index (χ1) is 19.7. The van der Waals surface area contributed by atoms with Gasteiger partial charge in [-0.25, -0.2) is 4.79 Å². The molecule has 0 aromatic heterocycles. The van der Waals surface area contributed by atoms with Crippen molar-refractivity contribution in [2.75, 3.05) is 33.5 Å². The summed E-state index contributed by atoms with van der Waals surface area (Å²) in [6.45, 7) is 2.22. The smallest absolute Gasteiger partial charge is 0.407 e. The molecule has 0 spiro atoms. The predicted molar refractivity (Wildman–Crippen MR) is 139 cm³/mol. The molecule has 1 amide bonds. The van der Waals surface area contributed by atoms with E-state index >= 15 is 0 Å². The highest BCUT2D eigenvalue weighted by Gasteiger charge is 2.51. The first-order valence-corrected chi connectivity index (χ1v) is 13.8. The number of alkyl carbamates (subject to hydrolysis) is 1. The number of hydrogen-bond donors (Lipinski definition) is 7. The fourth-order valence-electron chi connectivity index (χ4n) is 4.56. The highest BCUT2D eigenvalue weighted by atomic mass is 16.7. The van der Waals surface area contributed by atoms with E-state index in [1.54, 1.807) is 0 Å². The van der Waals surface area contributed by atoms with E-state index < -0.39 is 80.7 Å². The molecule has 2 aliphatic heterocycles. The normalized spacial score (nSPS) is 33.6. The molecule has 238 valence electrons. The molecule has 15 heteroatoms.